The largest absolute Gasteiger partial charge is 0.342 e. The van der Waals surface area contributed by atoms with Crippen molar-refractivity contribution in [3.63, 3.8) is 0 Å². The van der Waals surface area contributed by atoms with E-state index in [1.807, 2.05) is 13.1 Å². The first-order chi connectivity index (χ1) is 14.6. The number of likely N-dealkylation sites (N-methyl/N-ethyl adjacent to an activating group) is 1. The van der Waals surface area contributed by atoms with Gasteiger partial charge in [0.2, 0.25) is 5.91 Å². The Hall–Kier alpha value is -2.17. The van der Waals surface area contributed by atoms with Crippen LogP contribution in [-0.4, -0.2) is 56.0 Å². The van der Waals surface area contributed by atoms with E-state index in [9.17, 15) is 4.79 Å². The third kappa shape index (κ3) is 3.79. The quantitative estimate of drug-likeness (QED) is 0.825. The Morgan fingerprint density at radius 1 is 1.03 bits per heavy atom. The molecule has 30 heavy (non-hydrogen) atoms. The molecule has 0 unspecified atom stereocenters. The van der Waals surface area contributed by atoms with Crippen LogP contribution in [0.3, 0.4) is 0 Å². The van der Waals surface area contributed by atoms with Crippen molar-refractivity contribution in [2.24, 2.45) is 5.92 Å². The number of nitrogens with zero attached hydrogens (tertiary/aromatic N) is 2. The van der Waals surface area contributed by atoms with Gasteiger partial charge in [0, 0.05) is 31.7 Å². The Kier molecular flexibility index (Phi) is 6.26. The molecule has 0 bridgehead atoms. The molecule has 0 radical (unpaired) electrons. The Balaban J connectivity index is 1.51. The number of carbonyl (C=O) groups excluding carboxylic acids is 1. The van der Waals surface area contributed by atoms with Gasteiger partial charge in [-0.15, -0.1) is 0 Å². The van der Waals surface area contributed by atoms with Gasteiger partial charge in [0.25, 0.3) is 0 Å². The molecule has 1 spiro atoms. The number of hydrogen-bond donors (Lipinski definition) is 1. The predicted molar refractivity (Wildman–Crippen MR) is 123 cm³/mol. The molecule has 2 atom stereocenters. The highest BCUT2D eigenvalue weighted by Gasteiger charge is 2.44. The third-order valence-electron chi connectivity index (χ3n) is 7.54. The van der Waals surface area contributed by atoms with Crippen LogP contribution < -0.4 is 5.32 Å². The highest BCUT2D eigenvalue weighted by atomic mass is 16.2. The molecule has 0 aliphatic carbocycles. The average molecular weight is 406 g/mol. The van der Waals surface area contributed by atoms with Gasteiger partial charge in [0.15, 0.2) is 0 Å². The Morgan fingerprint density at radius 3 is 2.40 bits per heavy atom. The second-order valence-corrected chi connectivity index (χ2v) is 9.05. The maximum atomic E-state index is 13.6. The molecule has 4 nitrogen and oxygen atoms in total. The zero-order chi connectivity index (χ0) is 21.1. The van der Waals surface area contributed by atoms with Gasteiger partial charge in [-0.25, -0.2) is 0 Å². The lowest BCUT2D eigenvalue weighted by Gasteiger charge is -2.51. The van der Waals surface area contributed by atoms with E-state index in [1.165, 1.54) is 16.7 Å². The van der Waals surface area contributed by atoms with Crippen molar-refractivity contribution in [2.75, 3.05) is 40.3 Å². The molecule has 1 amide bonds. The number of amides is 1. The van der Waals surface area contributed by atoms with Crippen molar-refractivity contribution in [2.45, 2.75) is 37.6 Å². The lowest BCUT2D eigenvalue weighted by atomic mass is 9.74. The first kappa shape index (κ1) is 21.1. The average Bonchev–Trinajstić information content (AvgIpc) is 2.80. The van der Waals surface area contributed by atoms with Gasteiger partial charge in [-0.2, -0.15) is 0 Å². The fourth-order valence-electron chi connectivity index (χ4n) is 5.57. The molecule has 1 fully saturated rings. The number of fused-ring (bicyclic) bond motifs is 2. The molecule has 160 valence electrons. The van der Waals surface area contributed by atoms with Crippen LogP contribution >= 0.6 is 0 Å². The number of hydrogen-bond acceptors (Lipinski definition) is 3. The number of carbonyl (C=O) groups is 1. The molecular formula is C26H35N3O. The molecule has 0 aromatic heterocycles. The molecule has 1 N–H and O–H groups in total. The third-order valence-corrected chi connectivity index (χ3v) is 7.54. The summed E-state index contributed by atoms with van der Waals surface area (Å²) in [6, 6.07) is 19.4. The second kappa shape index (κ2) is 8.91. The van der Waals surface area contributed by atoms with E-state index in [1.54, 1.807) is 0 Å². The first-order valence-corrected chi connectivity index (χ1v) is 11.3. The van der Waals surface area contributed by atoms with Crippen LogP contribution in [0.4, 0.5) is 0 Å². The molecule has 2 aromatic carbocycles. The van der Waals surface area contributed by atoms with E-state index in [0.29, 0.717) is 12.5 Å². The summed E-state index contributed by atoms with van der Waals surface area (Å²) in [7, 11) is 4.20. The first-order valence-electron chi connectivity index (χ1n) is 11.3. The number of piperidine rings is 1. The van der Waals surface area contributed by atoms with Crippen molar-refractivity contribution in [1.82, 2.24) is 15.1 Å². The summed E-state index contributed by atoms with van der Waals surface area (Å²) in [5, 5.41) is 3.26. The van der Waals surface area contributed by atoms with Crippen LogP contribution in [0, 0.1) is 5.92 Å². The fourth-order valence-corrected chi connectivity index (χ4v) is 5.57. The highest BCUT2D eigenvalue weighted by molar-refractivity contribution is 5.80. The lowest BCUT2D eigenvalue weighted by molar-refractivity contribution is -0.139. The number of nitrogens with one attached hydrogen (secondary N) is 1. The smallest absolute Gasteiger partial charge is 0.227 e. The summed E-state index contributed by atoms with van der Waals surface area (Å²) in [6.45, 7) is 5.65. The summed E-state index contributed by atoms with van der Waals surface area (Å²) in [5.41, 5.74) is 4.28. The van der Waals surface area contributed by atoms with E-state index < -0.39 is 0 Å². The molecule has 2 aliphatic rings. The molecule has 4 heteroatoms. The van der Waals surface area contributed by atoms with Crippen LogP contribution in [-0.2, 0) is 16.8 Å². The van der Waals surface area contributed by atoms with Crippen LogP contribution in [0.25, 0.3) is 0 Å². The predicted octanol–water partition coefficient (Wildman–Crippen LogP) is 3.63. The number of benzene rings is 2. The minimum atomic E-state index is -0.0391. The van der Waals surface area contributed by atoms with Crippen LogP contribution in [0.5, 0.6) is 0 Å². The summed E-state index contributed by atoms with van der Waals surface area (Å²) >= 11 is 0. The van der Waals surface area contributed by atoms with Gasteiger partial charge >= 0.3 is 0 Å². The van der Waals surface area contributed by atoms with Crippen molar-refractivity contribution in [3.8, 4) is 0 Å². The Labute approximate surface area is 181 Å². The van der Waals surface area contributed by atoms with E-state index >= 15 is 0 Å². The zero-order valence-corrected chi connectivity index (χ0v) is 18.6. The van der Waals surface area contributed by atoms with Crippen molar-refractivity contribution < 1.29 is 4.79 Å². The maximum absolute atomic E-state index is 13.6. The van der Waals surface area contributed by atoms with Gasteiger partial charge in [0.05, 0.1) is 5.92 Å². The molecule has 4 rings (SSSR count). The standard InChI is InChI=1S/C26H35N3O/c1-20(21-9-5-4-6-10-21)23(19-27-2)25(30)29-17-14-26(15-18-29)24-12-8-7-11-22(24)13-16-28(26)3/h4-12,20,23,27H,13-19H2,1-3H3/t20-,23+/m0/s1. The van der Waals surface area contributed by atoms with Gasteiger partial charge in [-0.05, 0) is 56.0 Å². The fraction of sp³-hybridized carbons (Fsp3) is 0.500. The molecule has 1 saturated heterocycles. The highest BCUT2D eigenvalue weighted by Crippen LogP contribution is 2.43. The van der Waals surface area contributed by atoms with Crippen LogP contribution in [0.1, 0.15) is 42.4 Å². The molecule has 2 heterocycles. The Bertz CT molecular complexity index is 858. The molecule has 2 aromatic rings. The maximum Gasteiger partial charge on any atom is 0.227 e. The molecular weight excluding hydrogens is 370 g/mol. The van der Waals surface area contributed by atoms with Crippen molar-refractivity contribution >= 4 is 5.91 Å². The van der Waals surface area contributed by atoms with Gasteiger partial charge < -0.3 is 10.2 Å². The normalized spacial score (nSPS) is 20.6. The second-order valence-electron chi connectivity index (χ2n) is 9.05. The molecule has 0 saturated carbocycles. The van der Waals surface area contributed by atoms with Gasteiger partial charge in [-0.3, -0.25) is 9.69 Å². The van der Waals surface area contributed by atoms with E-state index in [-0.39, 0.29) is 17.4 Å². The number of rotatable bonds is 5. The summed E-state index contributed by atoms with van der Waals surface area (Å²) in [5.74, 6) is 0.449. The van der Waals surface area contributed by atoms with Crippen LogP contribution in [0.2, 0.25) is 0 Å². The van der Waals surface area contributed by atoms with E-state index in [2.05, 4.69) is 77.6 Å². The monoisotopic (exact) mass is 405 g/mol. The van der Waals surface area contributed by atoms with Crippen molar-refractivity contribution in [1.29, 1.82) is 0 Å². The molecule has 2 aliphatic heterocycles. The minimum absolute atomic E-state index is 0.0391. The SMILES string of the molecule is CNC[C@@H](C(=O)N1CCC2(CC1)c1ccccc1CCN2C)[C@@H](C)c1ccccc1. The Morgan fingerprint density at radius 2 is 1.70 bits per heavy atom. The van der Waals surface area contributed by atoms with Crippen molar-refractivity contribution in [3.05, 3.63) is 71.3 Å². The zero-order valence-electron chi connectivity index (χ0n) is 18.6. The topological polar surface area (TPSA) is 35.6 Å². The van der Waals surface area contributed by atoms with Gasteiger partial charge in [-0.1, -0.05) is 61.5 Å². The van der Waals surface area contributed by atoms with Gasteiger partial charge in [0.1, 0.15) is 0 Å². The summed E-state index contributed by atoms with van der Waals surface area (Å²) < 4.78 is 0. The number of likely N-dealkylation sites (tertiary alicyclic amines) is 1. The summed E-state index contributed by atoms with van der Waals surface area (Å²) in [4.78, 5) is 18.2. The van der Waals surface area contributed by atoms with E-state index in [0.717, 1.165) is 38.9 Å². The lowest BCUT2D eigenvalue weighted by Crippen LogP contribution is -2.56. The summed E-state index contributed by atoms with van der Waals surface area (Å²) in [6.07, 6.45) is 3.15. The van der Waals surface area contributed by atoms with Crippen LogP contribution in [0.15, 0.2) is 54.6 Å². The minimum Gasteiger partial charge on any atom is -0.342 e. The van der Waals surface area contributed by atoms with E-state index in [4.69, 9.17) is 0 Å².